The van der Waals surface area contributed by atoms with Crippen molar-refractivity contribution in [2.24, 2.45) is 15.9 Å². The normalized spacial score (nSPS) is 11.7. The van der Waals surface area contributed by atoms with Gasteiger partial charge < -0.3 is 10.5 Å². The van der Waals surface area contributed by atoms with Gasteiger partial charge in [-0.25, -0.2) is 8.78 Å². The Balaban J connectivity index is 1.54. The summed E-state index contributed by atoms with van der Waals surface area (Å²) < 4.78 is 33.2. The second-order valence-electron chi connectivity index (χ2n) is 6.03. The van der Waals surface area contributed by atoms with Crippen LogP contribution in [0.4, 0.5) is 8.78 Å². The van der Waals surface area contributed by atoms with Gasteiger partial charge in [-0.15, -0.1) is 5.10 Å². The average Bonchev–Trinajstić information content (AvgIpc) is 2.73. The van der Waals surface area contributed by atoms with Crippen LogP contribution in [0.2, 0.25) is 0 Å². The summed E-state index contributed by atoms with van der Waals surface area (Å²) in [6, 6.07) is 20.4. The van der Waals surface area contributed by atoms with Crippen LogP contribution in [-0.2, 0) is 12.4 Å². The van der Waals surface area contributed by atoms with E-state index in [-0.39, 0.29) is 12.4 Å². The van der Waals surface area contributed by atoms with Crippen molar-refractivity contribution in [2.45, 2.75) is 12.4 Å². The van der Waals surface area contributed by atoms with Crippen LogP contribution in [0.5, 0.6) is 5.75 Å². The molecule has 2 N–H and O–H groups in total. The maximum absolute atomic E-state index is 14.2. The molecule has 29 heavy (non-hydrogen) atoms. The van der Waals surface area contributed by atoms with E-state index in [9.17, 15) is 8.78 Å². The lowest BCUT2D eigenvalue weighted by Crippen LogP contribution is -2.06. The Morgan fingerprint density at radius 1 is 0.966 bits per heavy atom. The van der Waals surface area contributed by atoms with Crippen molar-refractivity contribution < 1.29 is 13.5 Å². The molecule has 0 aliphatic heterocycles. The van der Waals surface area contributed by atoms with Gasteiger partial charge in [0, 0.05) is 11.3 Å². The number of nitrogens with zero attached hydrogens (tertiary/aromatic N) is 2. The molecule has 0 atom stereocenters. The molecule has 0 saturated heterocycles. The lowest BCUT2D eigenvalue weighted by atomic mass is 10.2. The van der Waals surface area contributed by atoms with E-state index in [1.165, 1.54) is 36.2 Å². The molecule has 0 radical (unpaired) electrons. The highest BCUT2D eigenvalue weighted by atomic mass is 32.2. The van der Waals surface area contributed by atoms with Gasteiger partial charge in [-0.1, -0.05) is 60.3 Å². The first kappa shape index (κ1) is 20.5. The molecule has 0 bridgehead atoms. The van der Waals surface area contributed by atoms with E-state index in [2.05, 4.69) is 10.2 Å². The molecular formula is C22H19F2N3OS. The molecule has 148 valence electrons. The zero-order valence-corrected chi connectivity index (χ0v) is 16.3. The first-order chi connectivity index (χ1) is 14.1. The first-order valence-electron chi connectivity index (χ1n) is 8.81. The standard InChI is InChI=1S/C22H19F2N3OS/c23-19-9-5-4-8-18(19)14-28-21-11-10-17(12-20(21)24)13-26-27-22(25)29-15-16-6-2-1-3-7-16/h1-13H,14-15H2,(H2,25,27). The van der Waals surface area contributed by atoms with Gasteiger partial charge in [0.2, 0.25) is 0 Å². The van der Waals surface area contributed by atoms with Crippen LogP contribution in [0, 0.1) is 11.6 Å². The van der Waals surface area contributed by atoms with Gasteiger partial charge >= 0.3 is 0 Å². The molecule has 0 aliphatic carbocycles. The van der Waals surface area contributed by atoms with Crippen molar-refractivity contribution >= 4 is 23.1 Å². The van der Waals surface area contributed by atoms with E-state index in [0.29, 0.717) is 22.0 Å². The Kier molecular flexibility index (Phi) is 7.35. The van der Waals surface area contributed by atoms with Crippen molar-refractivity contribution in [1.82, 2.24) is 0 Å². The Bertz CT molecular complexity index is 1010. The third-order valence-electron chi connectivity index (χ3n) is 3.89. The molecule has 0 aromatic heterocycles. The first-order valence-corrected chi connectivity index (χ1v) is 9.79. The predicted octanol–water partition coefficient (Wildman–Crippen LogP) is 5.13. The van der Waals surface area contributed by atoms with Gasteiger partial charge in [-0.05, 0) is 35.4 Å². The van der Waals surface area contributed by atoms with Crippen molar-refractivity contribution in [1.29, 1.82) is 0 Å². The highest BCUT2D eigenvalue weighted by Gasteiger charge is 2.07. The number of thioether (sulfide) groups is 1. The summed E-state index contributed by atoms with van der Waals surface area (Å²) in [5.74, 6) is -0.237. The average molecular weight is 411 g/mol. The zero-order valence-electron chi connectivity index (χ0n) is 15.5. The van der Waals surface area contributed by atoms with E-state index in [1.807, 2.05) is 30.3 Å². The van der Waals surface area contributed by atoms with E-state index in [1.54, 1.807) is 24.3 Å². The lowest BCUT2D eigenvalue weighted by molar-refractivity contribution is 0.285. The summed E-state index contributed by atoms with van der Waals surface area (Å²) in [5, 5.41) is 8.11. The van der Waals surface area contributed by atoms with Crippen LogP contribution in [0.15, 0.2) is 83.0 Å². The van der Waals surface area contributed by atoms with Crippen LogP contribution < -0.4 is 10.5 Å². The van der Waals surface area contributed by atoms with Crippen molar-refractivity contribution in [3.8, 4) is 5.75 Å². The maximum Gasteiger partial charge on any atom is 0.180 e. The number of rotatable bonds is 7. The van der Waals surface area contributed by atoms with E-state index in [0.717, 1.165) is 5.56 Å². The molecule has 3 rings (SSSR count). The number of benzene rings is 3. The Labute approximate surface area is 172 Å². The van der Waals surface area contributed by atoms with Gasteiger partial charge in [0.25, 0.3) is 0 Å². The number of ether oxygens (including phenoxy) is 1. The minimum atomic E-state index is -0.569. The van der Waals surface area contributed by atoms with Crippen LogP contribution in [0.25, 0.3) is 0 Å². The molecule has 3 aromatic carbocycles. The number of hydrogen-bond acceptors (Lipinski definition) is 4. The highest BCUT2D eigenvalue weighted by Crippen LogP contribution is 2.20. The van der Waals surface area contributed by atoms with Gasteiger partial charge in [-0.2, -0.15) is 5.10 Å². The molecule has 3 aromatic rings. The van der Waals surface area contributed by atoms with Gasteiger partial charge in [0.1, 0.15) is 12.4 Å². The van der Waals surface area contributed by atoms with Crippen LogP contribution >= 0.6 is 11.8 Å². The summed E-state index contributed by atoms with van der Waals surface area (Å²) >= 11 is 1.37. The van der Waals surface area contributed by atoms with E-state index in [4.69, 9.17) is 10.5 Å². The molecule has 0 aliphatic rings. The second-order valence-corrected chi connectivity index (χ2v) is 7.02. The third-order valence-corrected chi connectivity index (χ3v) is 4.74. The number of nitrogens with two attached hydrogens (primary N) is 1. The molecule has 0 fully saturated rings. The second kappa shape index (κ2) is 10.4. The molecule has 0 spiro atoms. The van der Waals surface area contributed by atoms with Crippen molar-refractivity contribution in [3.05, 3.63) is 101 Å². The van der Waals surface area contributed by atoms with Gasteiger partial charge in [0.15, 0.2) is 16.7 Å². The summed E-state index contributed by atoms with van der Waals surface area (Å²) in [4.78, 5) is 0. The summed E-state index contributed by atoms with van der Waals surface area (Å²) in [6.07, 6.45) is 1.40. The minimum absolute atomic E-state index is 0.0341. The zero-order chi connectivity index (χ0) is 20.5. The number of halogens is 2. The minimum Gasteiger partial charge on any atom is -0.486 e. The van der Waals surface area contributed by atoms with Gasteiger partial charge in [0.05, 0.1) is 6.21 Å². The summed E-state index contributed by atoms with van der Waals surface area (Å²) in [7, 11) is 0. The SMILES string of the molecule is NC(=NN=Cc1ccc(OCc2ccccc2F)c(F)c1)SCc1ccccc1. The Hall–Kier alpha value is -3.19. The quantitative estimate of drug-likeness (QED) is 0.333. The number of amidine groups is 1. The molecule has 0 unspecified atom stereocenters. The highest BCUT2D eigenvalue weighted by molar-refractivity contribution is 8.13. The smallest absolute Gasteiger partial charge is 0.180 e. The molecule has 7 heteroatoms. The fourth-order valence-electron chi connectivity index (χ4n) is 2.40. The van der Waals surface area contributed by atoms with Crippen LogP contribution in [-0.4, -0.2) is 11.4 Å². The number of hydrogen-bond donors (Lipinski definition) is 1. The lowest BCUT2D eigenvalue weighted by Gasteiger charge is -2.08. The third kappa shape index (κ3) is 6.43. The van der Waals surface area contributed by atoms with Gasteiger partial charge in [-0.3, -0.25) is 0 Å². The summed E-state index contributed by atoms with van der Waals surface area (Å²) in [5.41, 5.74) is 7.82. The molecule has 0 saturated carbocycles. The topological polar surface area (TPSA) is 60.0 Å². The summed E-state index contributed by atoms with van der Waals surface area (Å²) in [6.45, 7) is -0.0590. The Morgan fingerprint density at radius 3 is 2.48 bits per heavy atom. The van der Waals surface area contributed by atoms with Crippen molar-refractivity contribution in [3.63, 3.8) is 0 Å². The Morgan fingerprint density at radius 2 is 1.72 bits per heavy atom. The molecule has 4 nitrogen and oxygen atoms in total. The molecular weight excluding hydrogens is 392 g/mol. The predicted molar refractivity (Wildman–Crippen MR) is 114 cm³/mol. The van der Waals surface area contributed by atoms with E-state index >= 15 is 0 Å². The molecule has 0 heterocycles. The molecule has 0 amide bonds. The largest absolute Gasteiger partial charge is 0.486 e. The van der Waals surface area contributed by atoms with Crippen LogP contribution in [0.1, 0.15) is 16.7 Å². The maximum atomic E-state index is 14.2. The fraction of sp³-hybridized carbons (Fsp3) is 0.0909. The van der Waals surface area contributed by atoms with E-state index < -0.39 is 11.6 Å². The van der Waals surface area contributed by atoms with Crippen molar-refractivity contribution in [2.75, 3.05) is 0 Å². The van der Waals surface area contributed by atoms with Crippen LogP contribution in [0.3, 0.4) is 0 Å². The fourth-order valence-corrected chi connectivity index (χ4v) is 3.01. The monoisotopic (exact) mass is 411 g/mol.